The summed E-state index contributed by atoms with van der Waals surface area (Å²) in [6.07, 6.45) is 0. The Morgan fingerprint density at radius 1 is 0.714 bits per heavy atom. The van der Waals surface area contributed by atoms with Crippen molar-refractivity contribution < 1.29 is 17.9 Å². The Hall–Kier alpha value is -2.41. The Labute approximate surface area is 123 Å². The highest BCUT2D eigenvalue weighted by atomic mass is 32.2. The van der Waals surface area contributed by atoms with Crippen LogP contribution >= 0.6 is 0 Å². The van der Waals surface area contributed by atoms with Gasteiger partial charge in [-0.15, -0.1) is 0 Å². The van der Waals surface area contributed by atoms with E-state index in [4.69, 9.17) is 9.47 Å². The van der Waals surface area contributed by atoms with Gasteiger partial charge in [-0.05, 0) is 48.5 Å². The van der Waals surface area contributed by atoms with E-state index in [0.717, 1.165) is 0 Å². The summed E-state index contributed by atoms with van der Waals surface area (Å²) in [5.41, 5.74) is 0.883. The van der Waals surface area contributed by atoms with Gasteiger partial charge >= 0.3 is 10.2 Å². The van der Waals surface area contributed by atoms with Crippen LogP contribution in [0.15, 0.2) is 48.5 Å². The number of benzene rings is 2. The topological polar surface area (TPSA) is 76.7 Å². The molecule has 0 saturated carbocycles. The molecule has 0 fully saturated rings. The third-order valence-electron chi connectivity index (χ3n) is 2.68. The van der Waals surface area contributed by atoms with Crippen molar-refractivity contribution in [3.05, 3.63) is 48.5 Å². The van der Waals surface area contributed by atoms with E-state index in [0.29, 0.717) is 22.9 Å². The lowest BCUT2D eigenvalue weighted by atomic mass is 10.3. The normalized spacial score (nSPS) is 10.8. The SMILES string of the molecule is COc1ccc(NS(=O)(=O)Nc2ccc(OC)cc2)cc1. The maximum atomic E-state index is 12.0. The van der Waals surface area contributed by atoms with Crippen LogP contribution in [0.3, 0.4) is 0 Å². The van der Waals surface area contributed by atoms with Gasteiger partial charge in [-0.25, -0.2) is 0 Å². The molecule has 0 atom stereocenters. The van der Waals surface area contributed by atoms with Gasteiger partial charge in [-0.2, -0.15) is 8.42 Å². The van der Waals surface area contributed by atoms with Gasteiger partial charge in [0.2, 0.25) is 0 Å². The zero-order valence-corrected chi connectivity index (χ0v) is 12.5. The lowest BCUT2D eigenvalue weighted by molar-refractivity contribution is 0.415. The van der Waals surface area contributed by atoms with E-state index in [9.17, 15) is 8.42 Å². The maximum absolute atomic E-state index is 12.0. The molecule has 0 saturated heterocycles. The van der Waals surface area contributed by atoms with E-state index in [2.05, 4.69) is 9.44 Å². The van der Waals surface area contributed by atoms with Crippen LogP contribution in [0.2, 0.25) is 0 Å². The van der Waals surface area contributed by atoms with Crippen molar-refractivity contribution in [3.8, 4) is 11.5 Å². The Morgan fingerprint density at radius 3 is 1.33 bits per heavy atom. The highest BCUT2D eigenvalue weighted by Gasteiger charge is 2.10. The summed E-state index contributed by atoms with van der Waals surface area (Å²) in [6.45, 7) is 0. The minimum absolute atomic E-state index is 0.441. The first-order valence-corrected chi connectivity index (χ1v) is 7.59. The highest BCUT2D eigenvalue weighted by molar-refractivity contribution is 7.94. The zero-order chi connectivity index (χ0) is 15.3. The van der Waals surface area contributed by atoms with Gasteiger partial charge in [-0.1, -0.05) is 0 Å². The predicted octanol–water partition coefficient (Wildman–Crippen LogP) is 2.47. The standard InChI is InChI=1S/C14H16N2O4S/c1-19-13-7-3-11(4-8-13)15-21(17,18)16-12-5-9-14(20-2)10-6-12/h3-10,15-16H,1-2H3. The van der Waals surface area contributed by atoms with Crippen LogP contribution in [0.1, 0.15) is 0 Å². The summed E-state index contributed by atoms with van der Waals surface area (Å²) in [6, 6.07) is 13.2. The number of hydrogen-bond acceptors (Lipinski definition) is 4. The minimum Gasteiger partial charge on any atom is -0.497 e. The van der Waals surface area contributed by atoms with Crippen LogP contribution in [-0.4, -0.2) is 22.6 Å². The van der Waals surface area contributed by atoms with Crippen LogP contribution < -0.4 is 18.9 Å². The molecule has 0 aliphatic rings. The molecule has 21 heavy (non-hydrogen) atoms. The first-order valence-electron chi connectivity index (χ1n) is 6.11. The highest BCUT2D eigenvalue weighted by Crippen LogP contribution is 2.19. The molecule has 112 valence electrons. The molecule has 2 aromatic carbocycles. The van der Waals surface area contributed by atoms with Gasteiger partial charge in [0.05, 0.1) is 25.6 Å². The molecule has 0 aromatic heterocycles. The van der Waals surface area contributed by atoms with E-state index >= 15 is 0 Å². The average molecular weight is 308 g/mol. The summed E-state index contributed by atoms with van der Waals surface area (Å²) < 4.78 is 38.9. The molecule has 6 nitrogen and oxygen atoms in total. The minimum atomic E-state index is -3.71. The van der Waals surface area contributed by atoms with E-state index < -0.39 is 10.2 Å². The summed E-state index contributed by atoms with van der Waals surface area (Å²) >= 11 is 0. The van der Waals surface area contributed by atoms with Crippen LogP contribution in [0.4, 0.5) is 11.4 Å². The number of rotatable bonds is 6. The van der Waals surface area contributed by atoms with E-state index in [-0.39, 0.29) is 0 Å². The Morgan fingerprint density at radius 2 is 1.05 bits per heavy atom. The third-order valence-corrected chi connectivity index (χ3v) is 3.69. The molecular formula is C14H16N2O4S. The van der Waals surface area contributed by atoms with Crippen molar-refractivity contribution >= 4 is 21.6 Å². The number of hydrogen-bond donors (Lipinski definition) is 2. The van der Waals surface area contributed by atoms with Crippen LogP contribution in [0.25, 0.3) is 0 Å². The van der Waals surface area contributed by atoms with Gasteiger partial charge in [0, 0.05) is 0 Å². The summed E-state index contributed by atoms with van der Waals surface area (Å²) in [5, 5.41) is 0. The Kier molecular flexibility index (Phi) is 4.54. The maximum Gasteiger partial charge on any atom is 0.321 e. The molecular weight excluding hydrogens is 292 g/mol. The summed E-state index contributed by atoms with van der Waals surface area (Å²) in [4.78, 5) is 0. The second-order valence-corrected chi connectivity index (χ2v) is 5.58. The monoisotopic (exact) mass is 308 g/mol. The molecule has 0 radical (unpaired) electrons. The number of ether oxygens (including phenoxy) is 2. The van der Waals surface area contributed by atoms with Crippen molar-refractivity contribution in [2.45, 2.75) is 0 Å². The predicted molar refractivity (Wildman–Crippen MR) is 82.2 cm³/mol. The summed E-state index contributed by atoms with van der Waals surface area (Å²) in [7, 11) is -0.616. The quantitative estimate of drug-likeness (QED) is 0.859. The van der Waals surface area contributed by atoms with Crippen molar-refractivity contribution in [2.75, 3.05) is 23.7 Å². The Balaban J connectivity index is 2.06. The fourth-order valence-corrected chi connectivity index (χ4v) is 2.60. The first kappa shape index (κ1) is 15.0. The third kappa shape index (κ3) is 4.28. The lowest BCUT2D eigenvalue weighted by Crippen LogP contribution is -2.21. The molecule has 2 aromatic rings. The molecule has 0 amide bonds. The Bertz CT molecular complexity index is 626. The van der Waals surface area contributed by atoms with E-state index in [1.54, 1.807) is 62.8 Å². The molecule has 0 heterocycles. The molecule has 0 bridgehead atoms. The molecule has 7 heteroatoms. The first-order chi connectivity index (χ1) is 10.0. The van der Waals surface area contributed by atoms with Gasteiger partial charge in [-0.3, -0.25) is 9.44 Å². The zero-order valence-electron chi connectivity index (χ0n) is 11.7. The lowest BCUT2D eigenvalue weighted by Gasteiger charge is -2.11. The van der Waals surface area contributed by atoms with Crippen molar-refractivity contribution in [3.63, 3.8) is 0 Å². The van der Waals surface area contributed by atoms with Crippen molar-refractivity contribution in [1.82, 2.24) is 0 Å². The second-order valence-electron chi connectivity index (χ2n) is 4.16. The van der Waals surface area contributed by atoms with E-state index in [1.807, 2.05) is 0 Å². The molecule has 0 aliphatic carbocycles. The molecule has 0 aliphatic heterocycles. The van der Waals surface area contributed by atoms with Gasteiger partial charge in [0.1, 0.15) is 11.5 Å². The van der Waals surface area contributed by atoms with Gasteiger partial charge in [0.25, 0.3) is 0 Å². The number of methoxy groups -OCH3 is 2. The van der Waals surface area contributed by atoms with Gasteiger partial charge < -0.3 is 9.47 Å². The second kappa shape index (κ2) is 6.36. The number of nitrogens with one attached hydrogen (secondary N) is 2. The van der Waals surface area contributed by atoms with Crippen molar-refractivity contribution in [2.24, 2.45) is 0 Å². The van der Waals surface area contributed by atoms with Crippen LogP contribution in [0.5, 0.6) is 11.5 Å². The van der Waals surface area contributed by atoms with Gasteiger partial charge in [0.15, 0.2) is 0 Å². The fourth-order valence-electron chi connectivity index (χ4n) is 1.65. The largest absolute Gasteiger partial charge is 0.497 e. The molecule has 2 rings (SSSR count). The van der Waals surface area contributed by atoms with Crippen LogP contribution in [-0.2, 0) is 10.2 Å². The smallest absolute Gasteiger partial charge is 0.321 e. The van der Waals surface area contributed by atoms with E-state index in [1.165, 1.54) is 0 Å². The molecule has 2 N–H and O–H groups in total. The fraction of sp³-hybridized carbons (Fsp3) is 0.143. The van der Waals surface area contributed by atoms with Crippen LogP contribution in [0, 0.1) is 0 Å². The number of anilines is 2. The summed E-state index contributed by atoms with van der Waals surface area (Å²) in [5.74, 6) is 1.31. The van der Waals surface area contributed by atoms with Crippen molar-refractivity contribution in [1.29, 1.82) is 0 Å². The average Bonchev–Trinajstić information content (AvgIpc) is 2.48. The molecule has 0 unspecified atom stereocenters. The molecule has 0 spiro atoms.